The molecule has 0 fully saturated rings. The van der Waals surface area contributed by atoms with E-state index in [0.717, 1.165) is 30.0 Å². The summed E-state index contributed by atoms with van der Waals surface area (Å²) in [4.78, 5) is 3.99. The zero-order valence-electron chi connectivity index (χ0n) is 12.3. The molecule has 1 aliphatic rings. The summed E-state index contributed by atoms with van der Waals surface area (Å²) in [5.41, 5.74) is 2.31. The van der Waals surface area contributed by atoms with Crippen LogP contribution < -0.4 is 14.8 Å². The SMILES string of the molecule is COc1cc2c(cc1CNCCc1ncno1)OC(C)C2. The van der Waals surface area contributed by atoms with Crippen molar-refractivity contribution in [2.45, 2.75) is 32.4 Å². The Morgan fingerprint density at radius 1 is 1.43 bits per heavy atom. The summed E-state index contributed by atoms with van der Waals surface area (Å²) in [5.74, 6) is 2.51. The number of rotatable bonds is 6. The minimum atomic E-state index is 0.241. The summed E-state index contributed by atoms with van der Waals surface area (Å²) < 4.78 is 16.2. The van der Waals surface area contributed by atoms with Gasteiger partial charge in [-0.1, -0.05) is 5.16 Å². The number of aromatic nitrogens is 2. The van der Waals surface area contributed by atoms with E-state index >= 15 is 0 Å². The molecule has 6 heteroatoms. The van der Waals surface area contributed by atoms with Gasteiger partial charge in [-0.05, 0) is 19.1 Å². The minimum absolute atomic E-state index is 0.241. The molecule has 21 heavy (non-hydrogen) atoms. The number of methoxy groups -OCH3 is 1. The second-order valence-electron chi connectivity index (χ2n) is 5.17. The van der Waals surface area contributed by atoms with Crippen LogP contribution in [0.4, 0.5) is 0 Å². The fourth-order valence-electron chi connectivity index (χ4n) is 2.53. The Bertz CT molecular complexity index is 598. The maximum Gasteiger partial charge on any atom is 0.227 e. The number of hydrogen-bond donors (Lipinski definition) is 1. The molecule has 1 aromatic carbocycles. The average Bonchev–Trinajstić information content (AvgIpc) is 3.10. The Morgan fingerprint density at radius 2 is 2.33 bits per heavy atom. The molecule has 3 rings (SSSR count). The van der Waals surface area contributed by atoms with Crippen molar-refractivity contribution in [3.05, 3.63) is 35.5 Å². The highest BCUT2D eigenvalue weighted by Gasteiger charge is 2.21. The number of hydrogen-bond acceptors (Lipinski definition) is 6. The molecule has 1 unspecified atom stereocenters. The number of nitrogens with zero attached hydrogens (tertiary/aromatic N) is 2. The van der Waals surface area contributed by atoms with Gasteiger partial charge in [0.15, 0.2) is 6.33 Å². The zero-order chi connectivity index (χ0) is 14.7. The van der Waals surface area contributed by atoms with Crippen molar-refractivity contribution in [1.82, 2.24) is 15.5 Å². The maximum atomic E-state index is 5.80. The lowest BCUT2D eigenvalue weighted by atomic mass is 10.1. The Morgan fingerprint density at radius 3 is 3.10 bits per heavy atom. The van der Waals surface area contributed by atoms with Crippen LogP contribution in [0.2, 0.25) is 0 Å². The molecular weight excluding hydrogens is 270 g/mol. The first kappa shape index (κ1) is 13.9. The number of ether oxygens (including phenoxy) is 2. The standard InChI is InChI=1S/C15H19N3O3/c1-10-5-11-6-13(19-2)12(7-14(11)20-10)8-16-4-3-15-17-9-18-21-15/h6-7,9-10,16H,3-5,8H2,1-2H3. The van der Waals surface area contributed by atoms with Crippen LogP contribution in [0.15, 0.2) is 23.0 Å². The lowest BCUT2D eigenvalue weighted by Crippen LogP contribution is -2.17. The molecule has 0 bridgehead atoms. The van der Waals surface area contributed by atoms with E-state index in [4.69, 9.17) is 14.0 Å². The fourth-order valence-corrected chi connectivity index (χ4v) is 2.53. The Labute approximate surface area is 123 Å². The van der Waals surface area contributed by atoms with Gasteiger partial charge in [-0.2, -0.15) is 4.98 Å². The van der Waals surface area contributed by atoms with Crippen LogP contribution in [-0.2, 0) is 19.4 Å². The lowest BCUT2D eigenvalue weighted by molar-refractivity contribution is 0.254. The first-order valence-electron chi connectivity index (χ1n) is 7.09. The quantitative estimate of drug-likeness (QED) is 0.817. The van der Waals surface area contributed by atoms with Crippen LogP contribution in [-0.4, -0.2) is 29.9 Å². The van der Waals surface area contributed by atoms with Crippen LogP contribution in [0.25, 0.3) is 0 Å². The van der Waals surface area contributed by atoms with Gasteiger partial charge in [-0.15, -0.1) is 0 Å². The highest BCUT2D eigenvalue weighted by atomic mass is 16.5. The molecule has 2 aromatic rings. The third-order valence-electron chi connectivity index (χ3n) is 3.54. The van der Waals surface area contributed by atoms with Crippen molar-refractivity contribution in [3.8, 4) is 11.5 Å². The molecule has 1 aliphatic heterocycles. The number of benzene rings is 1. The predicted molar refractivity (Wildman–Crippen MR) is 76.5 cm³/mol. The first-order chi connectivity index (χ1) is 10.3. The average molecular weight is 289 g/mol. The minimum Gasteiger partial charge on any atom is -0.496 e. The van der Waals surface area contributed by atoms with Crippen molar-refractivity contribution in [2.75, 3.05) is 13.7 Å². The largest absolute Gasteiger partial charge is 0.496 e. The van der Waals surface area contributed by atoms with Crippen molar-refractivity contribution in [2.24, 2.45) is 0 Å². The predicted octanol–water partition coefficient (Wildman–Crippen LogP) is 1.73. The highest BCUT2D eigenvalue weighted by Crippen LogP contribution is 2.34. The molecule has 0 amide bonds. The van der Waals surface area contributed by atoms with Gasteiger partial charge in [0.05, 0.1) is 7.11 Å². The van der Waals surface area contributed by atoms with Crippen molar-refractivity contribution >= 4 is 0 Å². The van der Waals surface area contributed by atoms with E-state index in [1.807, 2.05) is 0 Å². The van der Waals surface area contributed by atoms with Gasteiger partial charge in [-0.3, -0.25) is 0 Å². The molecule has 0 spiro atoms. The third-order valence-corrected chi connectivity index (χ3v) is 3.54. The summed E-state index contributed by atoms with van der Waals surface area (Å²) in [6.45, 7) is 3.55. The van der Waals surface area contributed by atoms with Crippen molar-refractivity contribution in [1.29, 1.82) is 0 Å². The van der Waals surface area contributed by atoms with Crippen molar-refractivity contribution < 1.29 is 14.0 Å². The third kappa shape index (κ3) is 3.16. The molecule has 0 saturated heterocycles. The topological polar surface area (TPSA) is 69.4 Å². The molecule has 1 aromatic heterocycles. The van der Waals surface area contributed by atoms with Gasteiger partial charge in [0, 0.05) is 37.1 Å². The van der Waals surface area contributed by atoms with Crippen LogP contribution >= 0.6 is 0 Å². The summed E-state index contributed by atoms with van der Waals surface area (Å²) in [6.07, 6.45) is 3.31. The fraction of sp³-hybridized carbons (Fsp3) is 0.467. The molecular formula is C15H19N3O3. The smallest absolute Gasteiger partial charge is 0.227 e. The lowest BCUT2D eigenvalue weighted by Gasteiger charge is -2.11. The molecule has 0 saturated carbocycles. The van der Waals surface area contributed by atoms with Gasteiger partial charge in [0.1, 0.15) is 17.6 Å². The molecule has 0 radical (unpaired) electrons. The number of nitrogens with one attached hydrogen (secondary N) is 1. The molecule has 1 atom stereocenters. The monoisotopic (exact) mass is 289 g/mol. The first-order valence-corrected chi connectivity index (χ1v) is 7.09. The van der Waals surface area contributed by atoms with Gasteiger partial charge in [0.25, 0.3) is 0 Å². The van der Waals surface area contributed by atoms with Crippen LogP contribution in [0.1, 0.15) is 23.9 Å². The van der Waals surface area contributed by atoms with Crippen molar-refractivity contribution in [3.63, 3.8) is 0 Å². The summed E-state index contributed by atoms with van der Waals surface area (Å²) in [7, 11) is 1.70. The summed E-state index contributed by atoms with van der Waals surface area (Å²) in [6, 6.07) is 4.14. The zero-order valence-corrected chi connectivity index (χ0v) is 12.3. The van der Waals surface area contributed by atoms with E-state index in [9.17, 15) is 0 Å². The highest BCUT2D eigenvalue weighted by molar-refractivity contribution is 5.48. The Balaban J connectivity index is 1.61. The van der Waals surface area contributed by atoms with E-state index in [1.54, 1.807) is 7.11 Å². The van der Waals surface area contributed by atoms with Crippen LogP contribution in [0, 0.1) is 0 Å². The van der Waals surface area contributed by atoms with Crippen LogP contribution in [0.3, 0.4) is 0 Å². The second kappa shape index (κ2) is 6.13. The van der Waals surface area contributed by atoms with E-state index in [2.05, 4.69) is 34.5 Å². The van der Waals surface area contributed by atoms with E-state index < -0.39 is 0 Å². The molecule has 1 N–H and O–H groups in total. The normalized spacial score (nSPS) is 16.6. The van der Waals surface area contributed by atoms with Gasteiger partial charge >= 0.3 is 0 Å². The van der Waals surface area contributed by atoms with E-state index in [-0.39, 0.29) is 6.10 Å². The summed E-state index contributed by atoms with van der Waals surface area (Å²) in [5, 5.41) is 6.94. The van der Waals surface area contributed by atoms with Gasteiger partial charge < -0.3 is 19.3 Å². The van der Waals surface area contributed by atoms with E-state index in [1.165, 1.54) is 11.9 Å². The van der Waals surface area contributed by atoms with E-state index in [0.29, 0.717) is 18.9 Å². The molecule has 6 nitrogen and oxygen atoms in total. The second-order valence-corrected chi connectivity index (χ2v) is 5.17. The van der Waals surface area contributed by atoms with Gasteiger partial charge in [-0.25, -0.2) is 0 Å². The number of fused-ring (bicyclic) bond motifs is 1. The molecule has 2 heterocycles. The summed E-state index contributed by atoms with van der Waals surface area (Å²) >= 11 is 0. The Hall–Kier alpha value is -2.08. The van der Waals surface area contributed by atoms with Gasteiger partial charge in [0.2, 0.25) is 5.89 Å². The van der Waals surface area contributed by atoms with Crippen LogP contribution in [0.5, 0.6) is 11.5 Å². The molecule has 0 aliphatic carbocycles. The maximum absolute atomic E-state index is 5.80. The molecule has 112 valence electrons. The Kier molecular flexibility index (Phi) is 4.06.